The van der Waals surface area contributed by atoms with Crippen LogP contribution < -0.4 is 0 Å². The number of terminal acetylenes is 1. The Labute approximate surface area is 45.2 Å². The Bertz CT molecular complexity index is 93.1. The molecule has 0 unspecified atom stereocenters. The van der Waals surface area contributed by atoms with Crippen LogP contribution >= 0.6 is 0 Å². The molecule has 0 bridgehead atoms. The molecule has 0 atom stereocenters. The number of hydrogen-bond donors (Lipinski definition) is 0. The van der Waals surface area contributed by atoms with Crippen LogP contribution in [0.25, 0.3) is 0 Å². The topological polar surface area (TPSA) is 0 Å². The van der Waals surface area contributed by atoms with Crippen LogP contribution in [0, 0.1) is 12.3 Å². The fourth-order valence-electron chi connectivity index (χ4n) is 0.269. The Morgan fingerprint density at radius 3 is 2.57 bits per heavy atom. The number of hydrogen-bond acceptors (Lipinski definition) is 0. The summed E-state index contributed by atoms with van der Waals surface area (Å²) in [6.45, 7) is 5.78. The number of rotatable bonds is 2. The highest BCUT2D eigenvalue weighted by Crippen LogP contribution is 1.98. The Morgan fingerprint density at radius 2 is 2.43 bits per heavy atom. The molecule has 0 saturated heterocycles. The molecule has 0 N–H and O–H groups in total. The van der Waals surface area contributed by atoms with Crippen molar-refractivity contribution >= 4 is 0 Å². The van der Waals surface area contributed by atoms with Gasteiger partial charge in [-0.25, -0.2) is 0 Å². The molecule has 0 saturated carbocycles. The van der Waals surface area contributed by atoms with Gasteiger partial charge in [-0.2, -0.15) is 0 Å². The Hall–Kier alpha value is -0.700. The molecule has 0 aromatic carbocycles. The van der Waals surface area contributed by atoms with Crippen LogP contribution in [-0.2, 0) is 0 Å². The predicted molar refractivity (Wildman–Crippen MR) is 32.9 cm³/mol. The van der Waals surface area contributed by atoms with E-state index in [0.29, 0.717) is 0 Å². The van der Waals surface area contributed by atoms with Crippen molar-refractivity contribution in [2.75, 3.05) is 0 Å². The molecule has 7 heavy (non-hydrogen) atoms. The van der Waals surface area contributed by atoms with Gasteiger partial charge in [-0.1, -0.05) is 19.1 Å². The first-order valence-electron chi connectivity index (χ1n) is 2.41. The lowest BCUT2D eigenvalue weighted by Crippen LogP contribution is -1.71. The minimum absolute atomic E-state index is 0.733. The molecule has 0 heterocycles. The van der Waals surface area contributed by atoms with Crippen molar-refractivity contribution in [2.24, 2.45) is 0 Å². The van der Waals surface area contributed by atoms with E-state index in [2.05, 4.69) is 19.4 Å². The van der Waals surface area contributed by atoms with E-state index in [1.807, 2.05) is 0 Å². The number of allylic oxidation sites excluding steroid dienone is 1. The fourth-order valence-corrected chi connectivity index (χ4v) is 0.269. The van der Waals surface area contributed by atoms with Crippen molar-refractivity contribution in [3.05, 3.63) is 12.2 Å². The highest BCUT2D eigenvalue weighted by atomic mass is 13.9. The zero-order valence-electron chi connectivity index (χ0n) is 4.70. The summed E-state index contributed by atoms with van der Waals surface area (Å²) in [5, 5.41) is 0. The minimum atomic E-state index is 0.733. The van der Waals surface area contributed by atoms with Crippen molar-refractivity contribution in [1.82, 2.24) is 0 Å². The van der Waals surface area contributed by atoms with E-state index in [-0.39, 0.29) is 0 Å². The summed E-state index contributed by atoms with van der Waals surface area (Å²) in [6, 6.07) is 0. The van der Waals surface area contributed by atoms with Crippen LogP contribution in [-0.4, -0.2) is 0 Å². The smallest absolute Gasteiger partial charge is 0.0293 e. The molecule has 0 aliphatic carbocycles. The maximum absolute atomic E-state index is 4.99. The van der Waals surface area contributed by atoms with Crippen molar-refractivity contribution < 1.29 is 0 Å². The normalized spacial score (nSPS) is 7.43. The maximum Gasteiger partial charge on any atom is 0.0293 e. The first-order valence-corrected chi connectivity index (χ1v) is 2.41. The van der Waals surface area contributed by atoms with Gasteiger partial charge in [0.15, 0.2) is 0 Å². The van der Waals surface area contributed by atoms with E-state index in [4.69, 9.17) is 6.42 Å². The van der Waals surface area contributed by atoms with E-state index in [1.54, 1.807) is 0 Å². The summed E-state index contributed by atoms with van der Waals surface area (Å²) in [5.41, 5.74) is 1.14. The molecule has 38 valence electrons. The SMILES string of the molecule is C#CCC(=C)CC. The standard InChI is InChI=1S/C7H10/c1-4-6-7(3)5-2/h1H,3,5-6H2,2H3. The second kappa shape index (κ2) is 3.49. The first-order chi connectivity index (χ1) is 3.31. The first kappa shape index (κ1) is 6.30. The monoisotopic (exact) mass is 94.1 g/mol. The molecule has 0 spiro atoms. The molecule has 0 aromatic rings. The zero-order valence-corrected chi connectivity index (χ0v) is 4.70. The highest BCUT2D eigenvalue weighted by Gasteiger charge is 1.81. The lowest BCUT2D eigenvalue weighted by Gasteiger charge is -1.89. The van der Waals surface area contributed by atoms with Crippen molar-refractivity contribution in [2.45, 2.75) is 19.8 Å². The maximum atomic E-state index is 4.99. The molecule has 0 aliphatic rings. The van der Waals surface area contributed by atoms with Crippen molar-refractivity contribution in [3.8, 4) is 12.3 Å². The lowest BCUT2D eigenvalue weighted by atomic mass is 10.2. The molecule has 0 radical (unpaired) electrons. The van der Waals surface area contributed by atoms with Crippen LogP contribution in [0.3, 0.4) is 0 Å². The van der Waals surface area contributed by atoms with Gasteiger partial charge in [0.25, 0.3) is 0 Å². The van der Waals surface area contributed by atoms with Crippen LogP contribution in [0.2, 0.25) is 0 Å². The largest absolute Gasteiger partial charge is 0.120 e. The average molecular weight is 94.2 g/mol. The van der Waals surface area contributed by atoms with E-state index < -0.39 is 0 Å². The van der Waals surface area contributed by atoms with Crippen LogP contribution in [0.4, 0.5) is 0 Å². The Kier molecular flexibility index (Phi) is 3.14. The Morgan fingerprint density at radius 1 is 1.86 bits per heavy atom. The van der Waals surface area contributed by atoms with Crippen LogP contribution in [0.1, 0.15) is 19.8 Å². The summed E-state index contributed by atoms with van der Waals surface area (Å²) < 4.78 is 0. The Balaban J connectivity index is 3.23. The summed E-state index contributed by atoms with van der Waals surface area (Å²) in [5.74, 6) is 2.52. The van der Waals surface area contributed by atoms with Gasteiger partial charge in [0, 0.05) is 6.42 Å². The summed E-state index contributed by atoms with van der Waals surface area (Å²) >= 11 is 0. The average Bonchev–Trinajstić information content (AvgIpc) is 1.68. The molecular weight excluding hydrogens is 84.1 g/mol. The molecule has 0 aromatic heterocycles. The van der Waals surface area contributed by atoms with Gasteiger partial charge in [0.2, 0.25) is 0 Å². The van der Waals surface area contributed by atoms with Gasteiger partial charge in [-0.3, -0.25) is 0 Å². The minimum Gasteiger partial charge on any atom is -0.120 e. The molecule has 0 fully saturated rings. The lowest BCUT2D eigenvalue weighted by molar-refractivity contribution is 1.06. The van der Waals surface area contributed by atoms with Gasteiger partial charge in [-0.15, -0.1) is 12.3 Å². The molecular formula is C7H10. The van der Waals surface area contributed by atoms with Gasteiger partial charge in [0.05, 0.1) is 0 Å². The van der Waals surface area contributed by atoms with Gasteiger partial charge < -0.3 is 0 Å². The molecule has 0 aliphatic heterocycles. The second-order valence-corrected chi connectivity index (χ2v) is 1.48. The van der Waals surface area contributed by atoms with E-state index in [0.717, 1.165) is 18.4 Å². The van der Waals surface area contributed by atoms with Crippen molar-refractivity contribution in [3.63, 3.8) is 0 Å². The predicted octanol–water partition coefficient (Wildman–Crippen LogP) is 1.98. The fraction of sp³-hybridized carbons (Fsp3) is 0.429. The quantitative estimate of drug-likeness (QED) is 0.362. The second-order valence-electron chi connectivity index (χ2n) is 1.48. The van der Waals surface area contributed by atoms with Crippen molar-refractivity contribution in [1.29, 1.82) is 0 Å². The summed E-state index contributed by atoms with van der Waals surface area (Å²) in [7, 11) is 0. The van der Waals surface area contributed by atoms with Crippen LogP contribution in [0.15, 0.2) is 12.2 Å². The molecule has 0 amide bonds. The third kappa shape index (κ3) is 3.12. The molecule has 0 heteroatoms. The van der Waals surface area contributed by atoms with E-state index in [9.17, 15) is 0 Å². The molecule has 0 rings (SSSR count). The van der Waals surface area contributed by atoms with Crippen LogP contribution in [0.5, 0.6) is 0 Å². The zero-order chi connectivity index (χ0) is 5.70. The van der Waals surface area contributed by atoms with E-state index in [1.165, 1.54) is 0 Å². The van der Waals surface area contributed by atoms with Gasteiger partial charge in [-0.05, 0) is 6.42 Å². The molecule has 0 nitrogen and oxygen atoms in total. The highest BCUT2D eigenvalue weighted by molar-refractivity contribution is 5.04. The van der Waals surface area contributed by atoms with Gasteiger partial charge >= 0.3 is 0 Å². The summed E-state index contributed by atoms with van der Waals surface area (Å²) in [6.07, 6.45) is 6.73. The summed E-state index contributed by atoms with van der Waals surface area (Å²) in [4.78, 5) is 0. The van der Waals surface area contributed by atoms with Gasteiger partial charge in [0.1, 0.15) is 0 Å². The third-order valence-electron chi connectivity index (χ3n) is 0.852. The third-order valence-corrected chi connectivity index (χ3v) is 0.852. The van der Waals surface area contributed by atoms with E-state index >= 15 is 0 Å².